The highest BCUT2D eigenvalue weighted by Gasteiger charge is 2.45. The third-order valence-corrected chi connectivity index (χ3v) is 14.4. The van der Waals surface area contributed by atoms with E-state index in [1.165, 1.54) is 0 Å². The lowest BCUT2D eigenvalue weighted by Crippen LogP contribution is -2.55. The molecular formula is C56H66N4O10. The number of aliphatic hydroxyl groups is 8. The van der Waals surface area contributed by atoms with Crippen LogP contribution in [0.2, 0.25) is 0 Å². The van der Waals surface area contributed by atoms with Crippen molar-refractivity contribution in [3.63, 3.8) is 0 Å². The van der Waals surface area contributed by atoms with Crippen molar-refractivity contribution in [1.29, 1.82) is 0 Å². The molecule has 10 atom stereocenters. The average molecular weight is 955 g/mol. The summed E-state index contributed by atoms with van der Waals surface area (Å²) in [6, 6.07) is 23.6. The number of hydrogen-bond acceptors (Lipinski definition) is 12. The molecule has 5 aromatic rings. The Balaban J connectivity index is 1.23. The molecule has 3 aromatic heterocycles. The molecule has 70 heavy (non-hydrogen) atoms. The molecule has 14 heteroatoms. The summed E-state index contributed by atoms with van der Waals surface area (Å²) in [5, 5.41) is 83.7. The first-order valence-corrected chi connectivity index (χ1v) is 25.0. The van der Waals surface area contributed by atoms with Gasteiger partial charge in [0.1, 0.15) is 61.0 Å². The first-order valence-electron chi connectivity index (χ1n) is 25.0. The zero-order chi connectivity index (χ0) is 49.1. The van der Waals surface area contributed by atoms with E-state index in [2.05, 4.69) is 60.2 Å². The molecule has 0 saturated carbocycles. The van der Waals surface area contributed by atoms with Gasteiger partial charge in [-0.25, -0.2) is 9.97 Å². The van der Waals surface area contributed by atoms with Crippen LogP contribution < -0.4 is 0 Å². The van der Waals surface area contributed by atoms with Crippen molar-refractivity contribution < 1.29 is 50.3 Å². The highest BCUT2D eigenvalue weighted by Crippen LogP contribution is 2.39. The van der Waals surface area contributed by atoms with Gasteiger partial charge in [-0.2, -0.15) is 0 Å². The SMILES string of the molecule is CCCCCCc1c2nc(c(-c3ccc([C@@H]4O[C@H](CO)[C@@H](O)[C@H](O)[C@H]4O)cc3)c3nc(c(CCCCCC)c4ccc([nH]4)c(-c4ccc([C@@H]5O[C@H](CO)[C@@H](O)[C@H](O)[C@H]5O)cc4)c4ccc1[nH]4)C=C3)C=C2. The second-order valence-electron chi connectivity index (χ2n) is 19.1. The molecule has 0 amide bonds. The average Bonchev–Trinajstić information content (AvgIpc) is 4.24. The van der Waals surface area contributed by atoms with Crippen molar-refractivity contribution >= 4 is 46.4 Å². The molecule has 9 rings (SSSR count). The highest BCUT2D eigenvalue weighted by atomic mass is 16.6. The third-order valence-electron chi connectivity index (χ3n) is 14.4. The zero-order valence-electron chi connectivity index (χ0n) is 39.8. The van der Waals surface area contributed by atoms with Crippen LogP contribution in [0.25, 0.3) is 68.6 Å². The van der Waals surface area contributed by atoms with Crippen molar-refractivity contribution in [3.05, 3.63) is 118 Å². The number of aromatic amines is 2. The molecule has 10 N–H and O–H groups in total. The number of unbranched alkanes of at least 4 members (excludes halogenated alkanes) is 6. The second-order valence-corrected chi connectivity index (χ2v) is 19.1. The molecule has 0 unspecified atom stereocenters. The predicted molar refractivity (Wildman–Crippen MR) is 271 cm³/mol. The fraction of sp³-hybridized carbons (Fsp3) is 0.429. The number of aromatic nitrogens is 4. The van der Waals surface area contributed by atoms with Crippen LogP contribution in [-0.4, -0.2) is 123 Å². The Morgan fingerprint density at radius 1 is 0.429 bits per heavy atom. The summed E-state index contributed by atoms with van der Waals surface area (Å²) in [6.07, 6.45) is 5.63. The Bertz CT molecular complexity index is 2720. The normalized spacial score (nSPS) is 25.5. The Labute approximate surface area is 407 Å². The van der Waals surface area contributed by atoms with E-state index >= 15 is 0 Å². The second kappa shape index (κ2) is 22.0. The lowest BCUT2D eigenvalue weighted by molar-refractivity contribution is -0.231. The standard InChI is InChI=1S/C56H66N4O10/c1-3-5-7-9-11-35-37-21-25-41(57-37)47(31-13-17-33(18-14-31)55-53(67)51(65)49(63)45(29-61)69-55)43-27-23-39(59-43)36(12-10-8-6-4-2)40-24-28-44(60-40)48(42-26-22-38(35)58-42)32-15-19-34(20-16-32)56-54(68)52(66)50(64)46(30-62)70-56/h13-28,45-46,49-57,59,61-68H,3-12,29-30H2,1-2H3/t45-,46-,49-,50-,51+,52+,53-,54-,55+,56+/m1/s1. The number of hydrogen-bond donors (Lipinski definition) is 10. The lowest BCUT2D eigenvalue weighted by Gasteiger charge is -2.40. The maximum Gasteiger partial charge on any atom is 0.113 e. The fourth-order valence-corrected chi connectivity index (χ4v) is 10.3. The molecule has 0 radical (unpaired) electrons. The van der Waals surface area contributed by atoms with Gasteiger partial charge in [0.15, 0.2) is 0 Å². The van der Waals surface area contributed by atoms with E-state index in [0.29, 0.717) is 11.1 Å². The van der Waals surface area contributed by atoms with Gasteiger partial charge in [-0.1, -0.05) is 101 Å². The highest BCUT2D eigenvalue weighted by molar-refractivity contribution is 5.95. The van der Waals surface area contributed by atoms with Crippen molar-refractivity contribution in [2.75, 3.05) is 13.2 Å². The Hall–Kier alpha value is -5.36. The van der Waals surface area contributed by atoms with Gasteiger partial charge in [-0.3, -0.25) is 0 Å². The van der Waals surface area contributed by atoms with Crippen molar-refractivity contribution in [2.45, 2.75) is 139 Å². The molecule has 4 aliphatic heterocycles. The summed E-state index contributed by atoms with van der Waals surface area (Å²) in [7, 11) is 0. The Morgan fingerprint density at radius 2 is 0.814 bits per heavy atom. The van der Waals surface area contributed by atoms with Gasteiger partial charge in [0, 0.05) is 44.3 Å². The van der Waals surface area contributed by atoms with Crippen LogP contribution in [0.1, 0.15) is 122 Å². The number of ether oxygens (including phenoxy) is 2. The van der Waals surface area contributed by atoms with Gasteiger partial charge >= 0.3 is 0 Å². The first kappa shape index (κ1) is 49.6. The molecule has 0 spiro atoms. The number of nitrogens with one attached hydrogen (secondary N) is 2. The van der Waals surface area contributed by atoms with Crippen LogP contribution in [-0.2, 0) is 22.3 Å². The molecule has 2 saturated heterocycles. The predicted octanol–water partition coefficient (Wildman–Crippen LogP) is 7.27. The number of rotatable bonds is 16. The fourth-order valence-electron chi connectivity index (χ4n) is 10.3. The molecule has 370 valence electrons. The van der Waals surface area contributed by atoms with Crippen LogP contribution in [0, 0.1) is 0 Å². The largest absolute Gasteiger partial charge is 0.394 e. The summed E-state index contributed by atoms with van der Waals surface area (Å²) in [6.45, 7) is 3.38. The summed E-state index contributed by atoms with van der Waals surface area (Å²) < 4.78 is 11.8. The summed E-state index contributed by atoms with van der Waals surface area (Å²) >= 11 is 0. The van der Waals surface area contributed by atoms with Crippen LogP contribution in [0.5, 0.6) is 0 Å². The number of benzene rings is 2. The van der Waals surface area contributed by atoms with Gasteiger partial charge in [-0.05, 0) is 96.5 Å². The number of fused-ring (bicyclic) bond motifs is 8. The van der Waals surface area contributed by atoms with E-state index in [9.17, 15) is 40.9 Å². The molecule has 7 heterocycles. The number of H-pyrrole nitrogens is 2. The number of aliphatic hydroxyl groups excluding tert-OH is 8. The first-order chi connectivity index (χ1) is 34.0. The molecule has 8 bridgehead atoms. The topological polar surface area (TPSA) is 238 Å². The maximum absolute atomic E-state index is 11.0. The van der Waals surface area contributed by atoms with Gasteiger partial charge < -0.3 is 60.3 Å². The van der Waals surface area contributed by atoms with E-state index in [0.717, 1.165) is 142 Å². The minimum absolute atomic E-state index is 0.509. The Morgan fingerprint density at radius 3 is 1.21 bits per heavy atom. The molecule has 2 fully saturated rings. The zero-order valence-corrected chi connectivity index (χ0v) is 39.8. The van der Waals surface area contributed by atoms with Gasteiger partial charge in [-0.15, -0.1) is 0 Å². The molecule has 0 aliphatic carbocycles. The number of nitrogens with zero attached hydrogens (tertiary/aromatic N) is 2. The third kappa shape index (κ3) is 9.95. The van der Waals surface area contributed by atoms with E-state index in [1.807, 2.05) is 60.7 Å². The molecule has 14 nitrogen and oxygen atoms in total. The summed E-state index contributed by atoms with van der Waals surface area (Å²) in [5.74, 6) is 0. The van der Waals surface area contributed by atoms with Crippen LogP contribution >= 0.6 is 0 Å². The van der Waals surface area contributed by atoms with Crippen molar-refractivity contribution in [2.24, 2.45) is 0 Å². The maximum atomic E-state index is 11.0. The van der Waals surface area contributed by atoms with E-state index in [-0.39, 0.29) is 0 Å². The minimum atomic E-state index is -1.49. The summed E-state index contributed by atoms with van der Waals surface area (Å²) in [4.78, 5) is 18.4. The quantitative estimate of drug-likeness (QED) is 0.0431. The van der Waals surface area contributed by atoms with E-state index in [4.69, 9.17) is 19.4 Å². The van der Waals surface area contributed by atoms with Gasteiger partial charge in [0.05, 0.1) is 36.0 Å². The smallest absolute Gasteiger partial charge is 0.113 e. The van der Waals surface area contributed by atoms with Crippen LogP contribution in [0.4, 0.5) is 0 Å². The van der Waals surface area contributed by atoms with Crippen LogP contribution in [0.3, 0.4) is 0 Å². The number of aryl methyl sites for hydroxylation is 2. The van der Waals surface area contributed by atoms with Crippen molar-refractivity contribution in [1.82, 2.24) is 19.9 Å². The Kier molecular flexibility index (Phi) is 15.6. The monoisotopic (exact) mass is 954 g/mol. The van der Waals surface area contributed by atoms with E-state index in [1.54, 1.807) is 0 Å². The lowest BCUT2D eigenvalue weighted by atomic mass is 9.90. The van der Waals surface area contributed by atoms with Gasteiger partial charge in [0.25, 0.3) is 0 Å². The van der Waals surface area contributed by atoms with E-state index < -0.39 is 74.3 Å². The minimum Gasteiger partial charge on any atom is -0.394 e. The molecular weight excluding hydrogens is 889 g/mol. The van der Waals surface area contributed by atoms with Crippen LogP contribution in [0.15, 0.2) is 72.8 Å². The summed E-state index contributed by atoms with van der Waals surface area (Å²) in [5.41, 5.74) is 13.5. The molecule has 2 aromatic carbocycles. The van der Waals surface area contributed by atoms with Gasteiger partial charge in [0.2, 0.25) is 0 Å². The van der Waals surface area contributed by atoms with Crippen molar-refractivity contribution in [3.8, 4) is 22.3 Å². The molecule has 4 aliphatic rings.